The summed E-state index contributed by atoms with van der Waals surface area (Å²) in [5.74, 6) is -1.25. The average molecular weight is 689 g/mol. The van der Waals surface area contributed by atoms with E-state index in [9.17, 15) is 23.6 Å². The van der Waals surface area contributed by atoms with Crippen molar-refractivity contribution in [2.24, 2.45) is 5.41 Å². The predicted octanol–water partition coefficient (Wildman–Crippen LogP) is 4.89. The molecule has 1 aliphatic carbocycles. The number of rotatable bonds is 14. The number of esters is 1. The molecule has 1 aromatic carbocycles. The number of nitrogens with one attached hydrogen (secondary N) is 2. The van der Waals surface area contributed by atoms with Gasteiger partial charge in [0.1, 0.15) is 30.0 Å². The largest absolute Gasteiger partial charge is 0.491 e. The van der Waals surface area contributed by atoms with Crippen molar-refractivity contribution in [3.05, 3.63) is 35.0 Å². The molecule has 2 heterocycles. The van der Waals surface area contributed by atoms with Gasteiger partial charge in [-0.15, -0.1) is 11.3 Å². The van der Waals surface area contributed by atoms with E-state index < -0.39 is 40.6 Å². The lowest BCUT2D eigenvalue weighted by Crippen LogP contribution is -2.58. The van der Waals surface area contributed by atoms with Crippen LogP contribution in [0.1, 0.15) is 84.9 Å². The Labute approximate surface area is 286 Å². The Kier molecular flexibility index (Phi) is 11.9. The summed E-state index contributed by atoms with van der Waals surface area (Å²) in [4.78, 5) is 58.6. The highest BCUT2D eigenvalue weighted by molar-refractivity contribution is 7.13. The minimum atomic E-state index is -1.91. The maximum Gasteiger partial charge on any atom is 0.308 e. The summed E-state index contributed by atoms with van der Waals surface area (Å²) in [7, 11) is 0. The van der Waals surface area contributed by atoms with Crippen molar-refractivity contribution in [1.82, 2.24) is 20.5 Å². The van der Waals surface area contributed by atoms with Crippen LogP contribution < -0.4 is 15.4 Å². The minimum Gasteiger partial charge on any atom is -0.491 e. The second-order valence-corrected chi connectivity index (χ2v) is 15.4. The Morgan fingerprint density at radius 3 is 2.46 bits per heavy atom. The van der Waals surface area contributed by atoms with Gasteiger partial charge in [0.25, 0.3) is 5.91 Å². The number of thiazole rings is 1. The fraction of sp³-hybridized carbons (Fsp3) is 0.629. The van der Waals surface area contributed by atoms with Crippen LogP contribution in [0.4, 0.5) is 4.39 Å². The molecular formula is C35H49FN4O7S. The SMILES string of the molecule is Cc1ncsc1-c1ccc(CNC(=O)C2CCCN2C(=O)C(NC(=O)C2(F)CC2)C(C)(C)C)c(OCCOCCC(=O)OC(C)(C)C)c1. The van der Waals surface area contributed by atoms with Crippen molar-refractivity contribution >= 4 is 35.0 Å². The van der Waals surface area contributed by atoms with Crippen LogP contribution in [0.15, 0.2) is 23.7 Å². The molecule has 4 rings (SSSR count). The number of halogens is 1. The number of hydrogen-bond acceptors (Lipinski definition) is 9. The molecule has 1 saturated heterocycles. The molecule has 1 aromatic heterocycles. The summed E-state index contributed by atoms with van der Waals surface area (Å²) >= 11 is 1.52. The molecule has 2 atom stereocenters. The lowest BCUT2D eigenvalue weighted by molar-refractivity contribution is -0.156. The van der Waals surface area contributed by atoms with Crippen LogP contribution in [0.5, 0.6) is 5.75 Å². The molecule has 2 N–H and O–H groups in total. The van der Waals surface area contributed by atoms with E-state index in [1.807, 2.05) is 66.7 Å². The van der Waals surface area contributed by atoms with Crippen LogP contribution in [-0.4, -0.2) is 83.3 Å². The van der Waals surface area contributed by atoms with Crippen LogP contribution in [0.3, 0.4) is 0 Å². The normalized spacial score (nSPS) is 17.8. The molecule has 11 nitrogen and oxygen atoms in total. The van der Waals surface area contributed by atoms with E-state index in [-0.39, 0.29) is 57.5 Å². The quantitative estimate of drug-likeness (QED) is 0.212. The highest BCUT2D eigenvalue weighted by Gasteiger charge is 2.53. The standard InChI is InChI=1S/C35H49FN4O7S/c1-22-28(48-21-38-22)23-10-11-24(26(19-23)46-18-17-45-16-12-27(41)47-34(5,6)7)20-37-30(42)25-9-8-15-40(25)31(43)29(33(2,3)4)39-32(44)35(36)13-14-35/h10-11,19,21,25,29H,8-9,12-18,20H2,1-7H3,(H,37,42)(H,39,44). The first-order chi connectivity index (χ1) is 22.5. The molecule has 2 aliphatic rings. The molecule has 2 aromatic rings. The van der Waals surface area contributed by atoms with Crippen LogP contribution in [0.2, 0.25) is 0 Å². The highest BCUT2D eigenvalue weighted by Crippen LogP contribution is 2.40. The van der Waals surface area contributed by atoms with Gasteiger partial charge in [-0.1, -0.05) is 32.9 Å². The summed E-state index contributed by atoms with van der Waals surface area (Å²) < 4.78 is 31.5. The fourth-order valence-electron chi connectivity index (χ4n) is 5.43. The van der Waals surface area contributed by atoms with Crippen molar-refractivity contribution in [2.45, 2.75) is 110 Å². The Morgan fingerprint density at radius 2 is 1.83 bits per heavy atom. The number of likely N-dealkylation sites (tertiary alicyclic amines) is 1. The molecule has 0 bridgehead atoms. The summed E-state index contributed by atoms with van der Waals surface area (Å²) in [5, 5.41) is 5.61. The lowest BCUT2D eigenvalue weighted by atomic mass is 9.85. The van der Waals surface area contributed by atoms with Gasteiger partial charge in [0.05, 0.1) is 35.7 Å². The number of hydrogen-bond donors (Lipinski definition) is 2. The van der Waals surface area contributed by atoms with Gasteiger partial charge in [0.2, 0.25) is 11.8 Å². The molecule has 3 amide bonds. The predicted molar refractivity (Wildman–Crippen MR) is 180 cm³/mol. The first-order valence-electron chi connectivity index (χ1n) is 16.5. The topological polar surface area (TPSA) is 136 Å². The van der Waals surface area contributed by atoms with E-state index in [1.54, 1.807) is 5.51 Å². The number of alkyl halides is 1. The van der Waals surface area contributed by atoms with Crippen LogP contribution in [0, 0.1) is 12.3 Å². The number of nitrogens with zero attached hydrogens (tertiary/aromatic N) is 2. The first-order valence-corrected chi connectivity index (χ1v) is 17.4. The number of aromatic nitrogens is 1. The van der Waals surface area contributed by atoms with Gasteiger partial charge < -0.3 is 29.7 Å². The third-order valence-electron chi connectivity index (χ3n) is 8.21. The Bertz CT molecular complexity index is 1480. The summed E-state index contributed by atoms with van der Waals surface area (Å²) in [6.45, 7) is 14.0. The number of benzene rings is 1. The molecule has 48 heavy (non-hydrogen) atoms. The molecule has 1 saturated carbocycles. The third-order valence-corrected chi connectivity index (χ3v) is 9.18. The van der Waals surface area contributed by atoms with Gasteiger partial charge >= 0.3 is 5.97 Å². The van der Waals surface area contributed by atoms with E-state index in [0.29, 0.717) is 25.1 Å². The smallest absolute Gasteiger partial charge is 0.308 e. The Morgan fingerprint density at radius 1 is 1.10 bits per heavy atom. The summed E-state index contributed by atoms with van der Waals surface area (Å²) in [5.41, 5.74) is 1.18. The lowest BCUT2D eigenvalue weighted by Gasteiger charge is -2.35. The summed E-state index contributed by atoms with van der Waals surface area (Å²) in [6, 6.07) is 4.05. The zero-order chi connectivity index (χ0) is 35.3. The molecular weight excluding hydrogens is 639 g/mol. The van der Waals surface area contributed by atoms with Crippen molar-refractivity contribution < 1.29 is 37.8 Å². The van der Waals surface area contributed by atoms with Gasteiger partial charge in [-0.05, 0) is 70.4 Å². The van der Waals surface area contributed by atoms with Gasteiger partial charge in [-0.25, -0.2) is 9.37 Å². The van der Waals surface area contributed by atoms with E-state index >= 15 is 0 Å². The molecule has 2 unspecified atom stereocenters. The molecule has 0 radical (unpaired) electrons. The Hall–Kier alpha value is -3.58. The van der Waals surface area contributed by atoms with Crippen molar-refractivity contribution in [3.8, 4) is 16.2 Å². The number of carbonyl (C=O) groups is 4. The van der Waals surface area contributed by atoms with Gasteiger partial charge in [-0.3, -0.25) is 19.2 Å². The molecule has 2 fully saturated rings. The number of carbonyl (C=O) groups excluding carboxylic acids is 4. The number of amides is 3. The molecule has 0 spiro atoms. The zero-order valence-corrected chi connectivity index (χ0v) is 29.9. The maximum atomic E-state index is 14.5. The van der Waals surface area contributed by atoms with Crippen molar-refractivity contribution in [1.29, 1.82) is 0 Å². The minimum absolute atomic E-state index is 0.134. The maximum absolute atomic E-state index is 14.5. The van der Waals surface area contributed by atoms with Gasteiger partial charge in [0, 0.05) is 18.7 Å². The van der Waals surface area contributed by atoms with Crippen molar-refractivity contribution in [2.75, 3.05) is 26.4 Å². The highest BCUT2D eigenvalue weighted by atomic mass is 32.1. The molecule has 1 aliphatic heterocycles. The summed E-state index contributed by atoms with van der Waals surface area (Å²) in [6.07, 6.45) is 1.54. The van der Waals surface area contributed by atoms with Crippen LogP contribution in [-0.2, 0) is 35.2 Å². The second-order valence-electron chi connectivity index (χ2n) is 14.5. The second kappa shape index (κ2) is 15.3. The number of aryl methyl sites for hydroxylation is 1. The Balaban J connectivity index is 1.39. The van der Waals surface area contributed by atoms with E-state index in [4.69, 9.17) is 14.2 Å². The van der Waals surface area contributed by atoms with E-state index in [2.05, 4.69) is 15.6 Å². The van der Waals surface area contributed by atoms with Crippen molar-refractivity contribution in [3.63, 3.8) is 0 Å². The van der Waals surface area contributed by atoms with Gasteiger partial charge in [0.15, 0.2) is 5.67 Å². The van der Waals surface area contributed by atoms with Crippen LogP contribution in [0.25, 0.3) is 10.4 Å². The van der Waals surface area contributed by atoms with E-state index in [1.165, 1.54) is 16.2 Å². The van der Waals surface area contributed by atoms with Gasteiger partial charge in [-0.2, -0.15) is 0 Å². The molecule has 13 heteroatoms. The monoisotopic (exact) mass is 688 g/mol. The first kappa shape index (κ1) is 37.2. The third kappa shape index (κ3) is 9.97. The number of ether oxygens (including phenoxy) is 3. The van der Waals surface area contributed by atoms with Crippen LogP contribution >= 0.6 is 11.3 Å². The molecule has 264 valence electrons. The van der Waals surface area contributed by atoms with E-state index in [0.717, 1.165) is 21.7 Å². The fourth-order valence-corrected chi connectivity index (χ4v) is 6.23. The average Bonchev–Trinajstić information content (AvgIpc) is 3.36. The zero-order valence-electron chi connectivity index (χ0n) is 29.1.